The van der Waals surface area contributed by atoms with Crippen molar-refractivity contribution < 1.29 is 24.2 Å². The van der Waals surface area contributed by atoms with Crippen molar-refractivity contribution in [2.45, 2.75) is 27.2 Å². The third-order valence-corrected chi connectivity index (χ3v) is 4.83. The first kappa shape index (κ1) is 25.3. The molecule has 2 aromatic rings. The van der Waals surface area contributed by atoms with Gasteiger partial charge in [0, 0.05) is 17.7 Å². The van der Waals surface area contributed by atoms with Crippen LogP contribution in [-0.2, 0) is 9.59 Å². The van der Waals surface area contributed by atoms with Gasteiger partial charge in [-0.15, -0.1) is 0 Å². The van der Waals surface area contributed by atoms with Crippen LogP contribution in [0.15, 0.2) is 54.1 Å². The van der Waals surface area contributed by atoms with Gasteiger partial charge in [-0.1, -0.05) is 26.0 Å². The highest BCUT2D eigenvalue weighted by molar-refractivity contribution is 5.99. The number of nitrogen functional groups attached to an aromatic ring is 1. The molecule has 0 radical (unpaired) electrons. The topological polar surface area (TPSA) is 134 Å². The number of esters is 1. The summed E-state index contributed by atoms with van der Waals surface area (Å²) in [4.78, 5) is 37.6. The minimum absolute atomic E-state index is 0.0729. The van der Waals surface area contributed by atoms with E-state index in [4.69, 9.17) is 21.0 Å². The Kier molecular flexibility index (Phi) is 8.91. The Hall–Kier alpha value is -3.94. The molecule has 0 aliphatic rings. The monoisotopic (exact) mass is 451 g/mol. The van der Waals surface area contributed by atoms with E-state index in [2.05, 4.69) is 0 Å². The van der Waals surface area contributed by atoms with E-state index in [-0.39, 0.29) is 18.3 Å². The molecule has 4 N–H and O–H groups in total. The number of benzene rings is 2. The predicted octanol–water partition coefficient (Wildman–Crippen LogP) is 3.55. The van der Waals surface area contributed by atoms with Crippen LogP contribution in [0.2, 0.25) is 0 Å². The van der Waals surface area contributed by atoms with Crippen LogP contribution in [0.5, 0.6) is 5.75 Å². The van der Waals surface area contributed by atoms with Gasteiger partial charge >= 0.3 is 11.9 Å². The van der Waals surface area contributed by atoms with Gasteiger partial charge in [0.15, 0.2) is 0 Å². The lowest BCUT2D eigenvalue weighted by molar-refractivity contribution is -0.143. The molecule has 2 aromatic carbocycles. The maximum atomic E-state index is 12.7. The van der Waals surface area contributed by atoms with Crippen LogP contribution in [0.4, 0.5) is 0 Å². The fourth-order valence-electron chi connectivity index (χ4n) is 2.97. The van der Waals surface area contributed by atoms with Gasteiger partial charge in [0.2, 0.25) is 5.91 Å². The molecule has 1 amide bonds. The van der Waals surface area contributed by atoms with Crippen molar-refractivity contribution in [3.05, 3.63) is 70.8 Å². The number of nitrogens with zero attached hydrogens (tertiary/aromatic N) is 1. The minimum Gasteiger partial charge on any atom is -0.480 e. The highest BCUT2D eigenvalue weighted by Gasteiger charge is 2.18. The lowest BCUT2D eigenvalue weighted by Gasteiger charge is -2.22. The summed E-state index contributed by atoms with van der Waals surface area (Å²) in [7, 11) is 0. The van der Waals surface area contributed by atoms with Gasteiger partial charge in [0.25, 0.3) is 0 Å². The van der Waals surface area contributed by atoms with Crippen LogP contribution in [0.3, 0.4) is 0 Å². The van der Waals surface area contributed by atoms with Crippen molar-refractivity contribution in [1.29, 1.82) is 5.41 Å². The summed E-state index contributed by atoms with van der Waals surface area (Å²) in [5, 5.41) is 16.5. The largest absolute Gasteiger partial charge is 0.480 e. The Balaban J connectivity index is 2.07. The van der Waals surface area contributed by atoms with Crippen molar-refractivity contribution in [2.24, 2.45) is 11.7 Å². The first-order chi connectivity index (χ1) is 15.6. The Morgan fingerprint density at radius 1 is 1.06 bits per heavy atom. The number of carbonyl (C=O) groups is 3. The van der Waals surface area contributed by atoms with Crippen LogP contribution in [-0.4, -0.2) is 46.8 Å². The number of nitrogens with one attached hydrogen (secondary N) is 1. The first-order valence-corrected chi connectivity index (χ1v) is 10.5. The van der Waals surface area contributed by atoms with Gasteiger partial charge in [0.1, 0.15) is 18.1 Å². The van der Waals surface area contributed by atoms with E-state index >= 15 is 0 Å². The molecule has 0 saturated carbocycles. The number of rotatable bonds is 10. The molecule has 0 aliphatic heterocycles. The molecule has 0 atom stereocenters. The zero-order chi connectivity index (χ0) is 24.5. The number of nitrogens with two attached hydrogens (primary N) is 1. The third kappa shape index (κ3) is 7.92. The van der Waals surface area contributed by atoms with Gasteiger partial charge in [-0.3, -0.25) is 15.0 Å². The predicted molar refractivity (Wildman–Crippen MR) is 126 cm³/mol. The van der Waals surface area contributed by atoms with Crippen molar-refractivity contribution in [3.8, 4) is 5.75 Å². The molecule has 2 rings (SSSR count). The molecule has 0 fully saturated rings. The smallest absolute Gasteiger partial charge is 0.343 e. The maximum absolute atomic E-state index is 12.7. The summed E-state index contributed by atoms with van der Waals surface area (Å²) in [6.07, 6.45) is 2.36. The van der Waals surface area contributed by atoms with Gasteiger partial charge < -0.3 is 20.5 Å². The van der Waals surface area contributed by atoms with Crippen LogP contribution >= 0.6 is 0 Å². The average Bonchev–Trinajstić information content (AvgIpc) is 2.76. The summed E-state index contributed by atoms with van der Waals surface area (Å²) in [6.45, 7) is 5.68. The van der Waals surface area contributed by atoms with Crippen LogP contribution in [0.1, 0.15) is 48.7 Å². The van der Waals surface area contributed by atoms with Crippen molar-refractivity contribution in [1.82, 2.24) is 4.90 Å². The number of hydrogen-bond donors (Lipinski definition) is 3. The summed E-state index contributed by atoms with van der Waals surface area (Å²) < 4.78 is 5.33. The van der Waals surface area contributed by atoms with Crippen molar-refractivity contribution >= 4 is 29.8 Å². The maximum Gasteiger partial charge on any atom is 0.343 e. The Bertz CT molecular complexity index is 1040. The van der Waals surface area contributed by atoms with E-state index in [9.17, 15) is 14.4 Å². The lowest BCUT2D eigenvalue weighted by atomic mass is 10.1. The number of hydrogen-bond acceptors (Lipinski definition) is 5. The van der Waals surface area contributed by atoms with Gasteiger partial charge in [-0.05, 0) is 67.3 Å². The Labute approximate surface area is 193 Å². The van der Waals surface area contributed by atoms with Crippen LogP contribution in [0, 0.1) is 11.3 Å². The molecular weight excluding hydrogens is 422 g/mol. The molecule has 8 heteroatoms. The Morgan fingerprint density at radius 3 is 2.15 bits per heavy atom. The fourth-order valence-corrected chi connectivity index (χ4v) is 2.97. The summed E-state index contributed by atoms with van der Waals surface area (Å²) in [5.74, 6) is -1.34. The molecule has 0 aromatic heterocycles. The fraction of sp³-hybridized carbons (Fsp3) is 0.280. The molecule has 0 bridgehead atoms. The average molecular weight is 452 g/mol. The minimum atomic E-state index is -1.06. The number of carbonyl (C=O) groups excluding carboxylic acids is 2. The molecule has 33 heavy (non-hydrogen) atoms. The second-order valence-corrected chi connectivity index (χ2v) is 8.08. The number of amidine groups is 1. The number of aliphatic carboxylic acids is 1. The molecule has 0 spiro atoms. The highest BCUT2D eigenvalue weighted by Crippen LogP contribution is 2.16. The van der Waals surface area contributed by atoms with Crippen LogP contribution < -0.4 is 10.5 Å². The number of carboxylic acid groups (broad SMARTS) is 1. The van der Waals surface area contributed by atoms with E-state index in [1.54, 1.807) is 61.5 Å². The second kappa shape index (κ2) is 11.6. The SMILES string of the molecule is CC(=Cc1ccc(C(=O)Oc2ccc(C(=N)N)cc2)cc1)C(=O)N(CCC(C)C)CC(=O)O. The van der Waals surface area contributed by atoms with Gasteiger partial charge in [-0.2, -0.15) is 0 Å². The summed E-state index contributed by atoms with van der Waals surface area (Å²) in [6, 6.07) is 12.8. The molecule has 0 unspecified atom stereocenters. The zero-order valence-electron chi connectivity index (χ0n) is 19.0. The zero-order valence-corrected chi connectivity index (χ0v) is 19.0. The van der Waals surface area contributed by atoms with Crippen molar-refractivity contribution in [2.75, 3.05) is 13.1 Å². The van der Waals surface area contributed by atoms with E-state index in [0.717, 1.165) is 0 Å². The summed E-state index contributed by atoms with van der Waals surface area (Å²) >= 11 is 0. The highest BCUT2D eigenvalue weighted by atomic mass is 16.5. The second-order valence-electron chi connectivity index (χ2n) is 8.08. The first-order valence-electron chi connectivity index (χ1n) is 10.5. The quantitative estimate of drug-likeness (QED) is 0.166. The normalized spacial score (nSPS) is 11.2. The van der Waals surface area contributed by atoms with E-state index in [1.807, 2.05) is 13.8 Å². The molecule has 8 nitrogen and oxygen atoms in total. The molecule has 0 heterocycles. The van der Waals surface area contributed by atoms with E-state index in [1.165, 1.54) is 4.90 Å². The molecule has 0 aliphatic carbocycles. The molecular formula is C25H29N3O5. The molecule has 174 valence electrons. The van der Waals surface area contributed by atoms with E-state index < -0.39 is 11.9 Å². The number of amides is 1. The standard InChI is InChI=1S/C25H29N3O5/c1-16(2)12-13-28(15-22(29)30)24(31)17(3)14-18-4-6-20(7-5-18)25(32)33-21-10-8-19(9-11-21)23(26)27/h4-11,14,16H,12-13,15H2,1-3H3,(H3,26,27)(H,29,30). The van der Waals surface area contributed by atoms with Gasteiger partial charge in [0.05, 0.1) is 5.56 Å². The van der Waals surface area contributed by atoms with E-state index in [0.29, 0.717) is 46.9 Å². The Morgan fingerprint density at radius 2 is 1.64 bits per heavy atom. The van der Waals surface area contributed by atoms with Gasteiger partial charge in [-0.25, -0.2) is 4.79 Å². The summed E-state index contributed by atoms with van der Waals surface area (Å²) in [5.41, 5.74) is 7.37. The third-order valence-electron chi connectivity index (χ3n) is 4.83. The number of carboxylic acids is 1. The lowest BCUT2D eigenvalue weighted by Crippen LogP contribution is -2.37. The molecule has 0 saturated heterocycles. The van der Waals surface area contributed by atoms with Crippen LogP contribution in [0.25, 0.3) is 6.08 Å². The van der Waals surface area contributed by atoms with Crippen molar-refractivity contribution in [3.63, 3.8) is 0 Å². The number of ether oxygens (including phenoxy) is 1.